The number of amides is 1. The molecule has 0 aliphatic heterocycles. The van der Waals surface area contributed by atoms with Gasteiger partial charge in [0.25, 0.3) is 5.91 Å². The van der Waals surface area contributed by atoms with Gasteiger partial charge in [-0.15, -0.1) is 0 Å². The Morgan fingerprint density at radius 2 is 1.79 bits per heavy atom. The molecule has 29 heavy (non-hydrogen) atoms. The van der Waals surface area contributed by atoms with E-state index in [0.29, 0.717) is 12.3 Å². The SMILES string of the molecule is CC(Oc1ccc(-c2cnc3ccccc3n2)cc1)C(=O)NCc1cccnc1. The van der Waals surface area contributed by atoms with E-state index in [1.807, 2.05) is 60.7 Å². The molecule has 0 aliphatic carbocycles. The lowest BCUT2D eigenvalue weighted by Gasteiger charge is -2.15. The molecule has 0 fully saturated rings. The lowest BCUT2D eigenvalue weighted by atomic mass is 10.1. The number of carbonyl (C=O) groups excluding carboxylic acids is 1. The van der Waals surface area contributed by atoms with E-state index in [2.05, 4.69) is 20.3 Å². The number of ether oxygens (including phenoxy) is 1. The number of hydrogen-bond acceptors (Lipinski definition) is 5. The maximum atomic E-state index is 12.3. The Morgan fingerprint density at radius 1 is 1.00 bits per heavy atom. The van der Waals surface area contributed by atoms with Crippen LogP contribution in [0.3, 0.4) is 0 Å². The second kappa shape index (κ2) is 8.48. The van der Waals surface area contributed by atoms with Crippen molar-refractivity contribution in [2.24, 2.45) is 0 Å². The number of aromatic nitrogens is 3. The van der Waals surface area contributed by atoms with Crippen LogP contribution in [0.15, 0.2) is 79.3 Å². The van der Waals surface area contributed by atoms with Crippen molar-refractivity contribution < 1.29 is 9.53 Å². The summed E-state index contributed by atoms with van der Waals surface area (Å²) in [6.45, 7) is 2.14. The van der Waals surface area contributed by atoms with Gasteiger partial charge < -0.3 is 10.1 Å². The van der Waals surface area contributed by atoms with Crippen LogP contribution >= 0.6 is 0 Å². The Bertz CT molecular complexity index is 1110. The zero-order chi connectivity index (χ0) is 20.1. The molecule has 1 amide bonds. The van der Waals surface area contributed by atoms with Crippen LogP contribution in [0, 0.1) is 0 Å². The van der Waals surface area contributed by atoms with Crippen LogP contribution in [0.1, 0.15) is 12.5 Å². The zero-order valence-corrected chi connectivity index (χ0v) is 15.9. The van der Waals surface area contributed by atoms with E-state index in [1.54, 1.807) is 25.5 Å². The summed E-state index contributed by atoms with van der Waals surface area (Å²) in [5.74, 6) is 0.435. The third-order valence-corrected chi connectivity index (χ3v) is 4.47. The molecule has 0 aliphatic rings. The molecule has 0 spiro atoms. The van der Waals surface area contributed by atoms with Gasteiger partial charge in [0.15, 0.2) is 6.10 Å². The first-order chi connectivity index (χ1) is 14.2. The number of nitrogens with zero attached hydrogens (tertiary/aromatic N) is 3. The summed E-state index contributed by atoms with van der Waals surface area (Å²) < 4.78 is 5.76. The number of fused-ring (bicyclic) bond motifs is 1. The first-order valence-electron chi connectivity index (χ1n) is 9.34. The van der Waals surface area contributed by atoms with Gasteiger partial charge in [-0.2, -0.15) is 0 Å². The molecular weight excluding hydrogens is 364 g/mol. The Labute approximate surface area is 168 Å². The second-order valence-electron chi connectivity index (χ2n) is 6.61. The van der Waals surface area contributed by atoms with Gasteiger partial charge in [-0.1, -0.05) is 18.2 Å². The van der Waals surface area contributed by atoms with Crippen LogP contribution < -0.4 is 10.1 Å². The summed E-state index contributed by atoms with van der Waals surface area (Å²) >= 11 is 0. The second-order valence-corrected chi connectivity index (χ2v) is 6.61. The van der Waals surface area contributed by atoms with Gasteiger partial charge in [0.2, 0.25) is 0 Å². The Hall–Kier alpha value is -3.80. The summed E-state index contributed by atoms with van der Waals surface area (Å²) in [4.78, 5) is 25.4. The molecule has 2 heterocycles. The maximum Gasteiger partial charge on any atom is 0.261 e. The van der Waals surface area contributed by atoms with Crippen molar-refractivity contribution >= 4 is 16.9 Å². The molecule has 0 bridgehead atoms. The van der Waals surface area contributed by atoms with Crippen molar-refractivity contribution in [2.45, 2.75) is 19.6 Å². The molecule has 1 atom stereocenters. The number of rotatable bonds is 6. The van der Waals surface area contributed by atoms with Crippen molar-refractivity contribution in [1.82, 2.24) is 20.3 Å². The molecule has 6 heteroatoms. The highest BCUT2D eigenvalue weighted by atomic mass is 16.5. The minimum absolute atomic E-state index is 0.182. The van der Waals surface area contributed by atoms with E-state index in [4.69, 9.17) is 4.74 Å². The summed E-state index contributed by atoms with van der Waals surface area (Å²) in [7, 11) is 0. The molecule has 1 N–H and O–H groups in total. The molecule has 6 nitrogen and oxygen atoms in total. The van der Waals surface area contributed by atoms with E-state index in [1.165, 1.54) is 0 Å². The largest absolute Gasteiger partial charge is 0.481 e. The normalized spacial score (nSPS) is 11.8. The molecule has 0 radical (unpaired) electrons. The molecule has 144 valence electrons. The topological polar surface area (TPSA) is 77.0 Å². The minimum Gasteiger partial charge on any atom is -0.481 e. The van der Waals surface area contributed by atoms with Crippen molar-refractivity contribution in [2.75, 3.05) is 0 Å². The lowest BCUT2D eigenvalue weighted by Crippen LogP contribution is -2.35. The monoisotopic (exact) mass is 384 g/mol. The van der Waals surface area contributed by atoms with Crippen molar-refractivity contribution in [3.05, 3.63) is 84.8 Å². The fraction of sp³-hybridized carbons (Fsp3) is 0.130. The zero-order valence-electron chi connectivity index (χ0n) is 15.9. The minimum atomic E-state index is -0.613. The van der Waals surface area contributed by atoms with E-state index in [-0.39, 0.29) is 5.91 Å². The lowest BCUT2D eigenvalue weighted by molar-refractivity contribution is -0.127. The van der Waals surface area contributed by atoms with Crippen LogP contribution in [-0.2, 0) is 11.3 Å². The number of pyridine rings is 1. The molecule has 1 unspecified atom stereocenters. The predicted octanol–water partition coefficient (Wildman–Crippen LogP) is 3.78. The average Bonchev–Trinajstić information content (AvgIpc) is 2.78. The number of para-hydroxylation sites is 2. The van der Waals surface area contributed by atoms with Gasteiger partial charge in [0.1, 0.15) is 5.75 Å². The quantitative estimate of drug-likeness (QED) is 0.547. The van der Waals surface area contributed by atoms with Gasteiger partial charge >= 0.3 is 0 Å². The van der Waals surface area contributed by atoms with Gasteiger partial charge in [0, 0.05) is 24.5 Å². The highest BCUT2D eigenvalue weighted by Crippen LogP contribution is 2.22. The summed E-state index contributed by atoms with van der Waals surface area (Å²) in [5.41, 5.74) is 4.38. The third kappa shape index (κ3) is 4.55. The smallest absolute Gasteiger partial charge is 0.261 e. The van der Waals surface area contributed by atoms with E-state index in [9.17, 15) is 4.79 Å². The summed E-state index contributed by atoms with van der Waals surface area (Å²) in [6.07, 6.45) is 4.56. The Morgan fingerprint density at radius 3 is 2.55 bits per heavy atom. The molecule has 2 aromatic heterocycles. The fourth-order valence-electron chi connectivity index (χ4n) is 2.89. The predicted molar refractivity (Wildman–Crippen MR) is 111 cm³/mol. The van der Waals surface area contributed by atoms with E-state index < -0.39 is 6.10 Å². The van der Waals surface area contributed by atoms with Gasteiger partial charge in [-0.05, 0) is 55.0 Å². The van der Waals surface area contributed by atoms with Crippen LogP contribution in [0.4, 0.5) is 0 Å². The van der Waals surface area contributed by atoms with Gasteiger partial charge in [0.05, 0.1) is 22.9 Å². The first-order valence-corrected chi connectivity index (χ1v) is 9.34. The number of benzene rings is 2. The summed E-state index contributed by atoms with van der Waals surface area (Å²) in [5, 5.41) is 2.85. The first kappa shape index (κ1) is 18.6. The number of carbonyl (C=O) groups is 1. The van der Waals surface area contributed by atoms with Crippen LogP contribution in [0.25, 0.3) is 22.3 Å². The highest BCUT2D eigenvalue weighted by molar-refractivity contribution is 5.80. The third-order valence-electron chi connectivity index (χ3n) is 4.47. The molecular formula is C23H20N4O2. The number of hydrogen-bond donors (Lipinski definition) is 1. The number of nitrogens with one attached hydrogen (secondary N) is 1. The average molecular weight is 384 g/mol. The fourth-order valence-corrected chi connectivity index (χ4v) is 2.89. The molecule has 2 aromatic carbocycles. The van der Waals surface area contributed by atoms with Crippen molar-refractivity contribution in [3.63, 3.8) is 0 Å². The van der Waals surface area contributed by atoms with Gasteiger partial charge in [-0.25, -0.2) is 4.98 Å². The summed E-state index contributed by atoms with van der Waals surface area (Å²) in [6, 6.07) is 19.0. The van der Waals surface area contributed by atoms with Gasteiger partial charge in [-0.3, -0.25) is 14.8 Å². The molecule has 4 rings (SSSR count). The Balaban J connectivity index is 1.38. The molecule has 0 saturated carbocycles. The van der Waals surface area contributed by atoms with Crippen LogP contribution in [0.5, 0.6) is 5.75 Å². The maximum absolute atomic E-state index is 12.3. The van der Waals surface area contributed by atoms with Crippen molar-refractivity contribution in [3.8, 4) is 17.0 Å². The highest BCUT2D eigenvalue weighted by Gasteiger charge is 2.14. The van der Waals surface area contributed by atoms with Crippen LogP contribution in [0.2, 0.25) is 0 Å². The van der Waals surface area contributed by atoms with Crippen molar-refractivity contribution in [1.29, 1.82) is 0 Å². The molecule has 0 saturated heterocycles. The molecule has 4 aromatic rings. The van der Waals surface area contributed by atoms with Crippen LogP contribution in [-0.4, -0.2) is 27.0 Å². The standard InChI is InChI=1S/C23H20N4O2/c1-16(23(28)26-14-17-5-4-12-24-13-17)29-19-10-8-18(9-11-19)22-15-25-20-6-2-3-7-21(20)27-22/h2-13,15-16H,14H2,1H3,(H,26,28). The van der Waals surface area contributed by atoms with E-state index >= 15 is 0 Å². The van der Waals surface area contributed by atoms with E-state index in [0.717, 1.165) is 27.9 Å². The Kier molecular flexibility index (Phi) is 5.42.